The highest BCUT2D eigenvalue weighted by Crippen LogP contribution is 2.25. The first-order valence-corrected chi connectivity index (χ1v) is 12.5. The molecule has 0 saturated carbocycles. The summed E-state index contributed by atoms with van der Waals surface area (Å²) in [5, 5.41) is 3.09. The first-order chi connectivity index (χ1) is 15.0. The van der Waals surface area contributed by atoms with E-state index in [2.05, 4.69) is 5.32 Å². The van der Waals surface area contributed by atoms with Crippen molar-refractivity contribution in [3.05, 3.63) is 18.0 Å². The number of primary amides is 1. The number of aryl methyl sites for hydroxylation is 1. The fraction of sp³-hybridized carbons (Fsp3) is 0.667. The second kappa shape index (κ2) is 9.62. The number of aromatic nitrogens is 1. The van der Waals surface area contributed by atoms with Crippen LogP contribution in [0, 0.1) is 11.8 Å². The molecule has 2 aliphatic rings. The molecule has 1 aromatic rings. The number of nitrogens with zero attached hydrogens (tertiary/aromatic N) is 3. The number of nitrogens with one attached hydrogen (secondary N) is 1. The maximum absolute atomic E-state index is 12.9. The van der Waals surface area contributed by atoms with E-state index in [4.69, 9.17) is 5.73 Å². The lowest BCUT2D eigenvalue weighted by atomic mass is 9.95. The van der Waals surface area contributed by atoms with Crippen LogP contribution in [0.15, 0.2) is 17.2 Å². The number of sulfonamides is 1. The SMILES string of the molecule is CC(C)C(=O)N1CCC(NC(=O)C2CCN(S(=O)(=O)c3cc(C(N)=O)n(C)c3)CC2)CC1. The van der Waals surface area contributed by atoms with Crippen LogP contribution in [0.2, 0.25) is 0 Å². The molecule has 0 atom stereocenters. The quantitative estimate of drug-likeness (QED) is 0.620. The second-order valence-electron chi connectivity index (χ2n) is 8.98. The molecule has 3 rings (SSSR count). The molecular weight excluding hydrogens is 434 g/mol. The van der Waals surface area contributed by atoms with Crippen LogP contribution in [0.4, 0.5) is 0 Å². The predicted molar refractivity (Wildman–Crippen MR) is 118 cm³/mol. The highest BCUT2D eigenvalue weighted by Gasteiger charge is 2.34. The summed E-state index contributed by atoms with van der Waals surface area (Å²) in [6.07, 6.45) is 3.71. The lowest BCUT2D eigenvalue weighted by Crippen LogP contribution is -2.50. The van der Waals surface area contributed by atoms with E-state index < -0.39 is 15.9 Å². The summed E-state index contributed by atoms with van der Waals surface area (Å²) in [4.78, 5) is 38.1. The van der Waals surface area contributed by atoms with Gasteiger partial charge in [-0.25, -0.2) is 8.42 Å². The first-order valence-electron chi connectivity index (χ1n) is 11.1. The van der Waals surface area contributed by atoms with Crippen LogP contribution in [0.3, 0.4) is 0 Å². The number of carbonyl (C=O) groups excluding carboxylic acids is 3. The van der Waals surface area contributed by atoms with E-state index in [-0.39, 0.29) is 53.4 Å². The third kappa shape index (κ3) is 5.15. The molecule has 11 heteroatoms. The first kappa shape index (κ1) is 24.2. The summed E-state index contributed by atoms with van der Waals surface area (Å²) in [6.45, 7) is 5.53. The van der Waals surface area contributed by atoms with Crippen molar-refractivity contribution in [1.82, 2.24) is 19.1 Å². The Bertz CT molecular complexity index is 971. The summed E-state index contributed by atoms with van der Waals surface area (Å²) in [5.41, 5.74) is 5.41. The minimum atomic E-state index is -3.76. The molecule has 3 amide bonds. The molecule has 2 saturated heterocycles. The van der Waals surface area contributed by atoms with Gasteiger partial charge in [-0.15, -0.1) is 0 Å². The number of rotatable bonds is 6. The van der Waals surface area contributed by atoms with Gasteiger partial charge in [0.1, 0.15) is 10.6 Å². The van der Waals surface area contributed by atoms with Gasteiger partial charge in [0.05, 0.1) is 0 Å². The summed E-state index contributed by atoms with van der Waals surface area (Å²) < 4.78 is 28.6. The van der Waals surface area contributed by atoms with E-state index in [9.17, 15) is 22.8 Å². The van der Waals surface area contributed by atoms with Crippen LogP contribution < -0.4 is 11.1 Å². The van der Waals surface area contributed by atoms with E-state index in [1.165, 1.54) is 21.1 Å². The van der Waals surface area contributed by atoms with Crippen molar-refractivity contribution < 1.29 is 22.8 Å². The third-order valence-corrected chi connectivity index (χ3v) is 8.21. The Morgan fingerprint density at radius 3 is 2.16 bits per heavy atom. The number of nitrogens with two attached hydrogens (primary N) is 1. The zero-order valence-electron chi connectivity index (χ0n) is 18.9. The molecule has 0 bridgehead atoms. The number of amides is 3. The van der Waals surface area contributed by atoms with Crippen LogP contribution in [-0.2, 0) is 26.7 Å². The lowest BCUT2D eigenvalue weighted by Gasteiger charge is -2.35. The van der Waals surface area contributed by atoms with Crippen LogP contribution in [-0.4, -0.2) is 72.1 Å². The molecule has 0 radical (unpaired) electrons. The fourth-order valence-corrected chi connectivity index (χ4v) is 5.90. The average Bonchev–Trinajstić information content (AvgIpc) is 3.16. The Balaban J connectivity index is 1.51. The van der Waals surface area contributed by atoms with Crippen LogP contribution >= 0.6 is 0 Å². The Morgan fingerprint density at radius 2 is 1.66 bits per heavy atom. The van der Waals surface area contributed by atoms with E-state index >= 15 is 0 Å². The molecule has 32 heavy (non-hydrogen) atoms. The highest BCUT2D eigenvalue weighted by atomic mass is 32.2. The largest absolute Gasteiger partial charge is 0.364 e. The predicted octanol–water partition coefficient (Wildman–Crippen LogP) is 0.288. The maximum atomic E-state index is 12.9. The zero-order valence-corrected chi connectivity index (χ0v) is 19.7. The molecule has 0 unspecified atom stereocenters. The lowest BCUT2D eigenvalue weighted by molar-refractivity contribution is -0.135. The van der Waals surface area contributed by atoms with Gasteiger partial charge in [-0.3, -0.25) is 14.4 Å². The molecule has 1 aromatic heterocycles. The molecule has 2 fully saturated rings. The van der Waals surface area contributed by atoms with E-state index in [0.717, 1.165) is 12.8 Å². The number of hydrogen-bond donors (Lipinski definition) is 2. The molecule has 3 N–H and O–H groups in total. The van der Waals surface area contributed by atoms with Gasteiger partial charge in [0.2, 0.25) is 21.8 Å². The van der Waals surface area contributed by atoms with Gasteiger partial charge in [-0.1, -0.05) is 13.8 Å². The molecule has 0 aromatic carbocycles. The van der Waals surface area contributed by atoms with E-state index in [1.807, 2.05) is 18.7 Å². The average molecular weight is 468 g/mol. The van der Waals surface area contributed by atoms with Crippen molar-refractivity contribution in [3.8, 4) is 0 Å². The van der Waals surface area contributed by atoms with Gasteiger partial charge in [0.15, 0.2) is 0 Å². The topological polar surface area (TPSA) is 135 Å². The Hall–Kier alpha value is -2.40. The Kier molecular flexibility index (Phi) is 7.29. The van der Waals surface area contributed by atoms with Crippen molar-refractivity contribution >= 4 is 27.7 Å². The Labute approximate surface area is 189 Å². The molecule has 178 valence electrons. The summed E-state index contributed by atoms with van der Waals surface area (Å²) >= 11 is 0. The molecule has 0 spiro atoms. The van der Waals surface area contributed by atoms with Gasteiger partial charge in [-0.05, 0) is 31.7 Å². The van der Waals surface area contributed by atoms with Crippen molar-refractivity contribution in [2.24, 2.45) is 24.6 Å². The second-order valence-corrected chi connectivity index (χ2v) is 10.9. The van der Waals surface area contributed by atoms with Gasteiger partial charge >= 0.3 is 0 Å². The number of carbonyl (C=O) groups is 3. The zero-order chi connectivity index (χ0) is 23.6. The number of likely N-dealkylation sites (tertiary alicyclic amines) is 1. The third-order valence-electron chi connectivity index (χ3n) is 6.34. The molecular formula is C21H33N5O5S. The van der Waals surface area contributed by atoms with Crippen molar-refractivity contribution in [3.63, 3.8) is 0 Å². The smallest absolute Gasteiger partial charge is 0.265 e. The van der Waals surface area contributed by atoms with Crippen molar-refractivity contribution in [2.75, 3.05) is 26.2 Å². The van der Waals surface area contributed by atoms with Gasteiger partial charge in [-0.2, -0.15) is 4.31 Å². The summed E-state index contributed by atoms with van der Waals surface area (Å²) in [6, 6.07) is 1.32. The van der Waals surface area contributed by atoms with Crippen molar-refractivity contribution in [2.45, 2.75) is 50.5 Å². The van der Waals surface area contributed by atoms with Gasteiger partial charge in [0, 0.05) is 57.3 Å². The summed E-state index contributed by atoms with van der Waals surface area (Å²) in [5.74, 6) is -0.866. The Morgan fingerprint density at radius 1 is 1.06 bits per heavy atom. The summed E-state index contributed by atoms with van der Waals surface area (Å²) in [7, 11) is -2.19. The highest BCUT2D eigenvalue weighted by molar-refractivity contribution is 7.89. The monoisotopic (exact) mass is 467 g/mol. The molecule has 0 aliphatic carbocycles. The van der Waals surface area contributed by atoms with E-state index in [1.54, 1.807) is 7.05 Å². The van der Waals surface area contributed by atoms with Crippen LogP contribution in [0.25, 0.3) is 0 Å². The van der Waals surface area contributed by atoms with Gasteiger partial charge < -0.3 is 20.5 Å². The minimum Gasteiger partial charge on any atom is -0.364 e. The van der Waals surface area contributed by atoms with Crippen LogP contribution in [0.1, 0.15) is 50.0 Å². The molecule has 3 heterocycles. The van der Waals surface area contributed by atoms with Gasteiger partial charge in [0.25, 0.3) is 5.91 Å². The maximum Gasteiger partial charge on any atom is 0.265 e. The van der Waals surface area contributed by atoms with E-state index in [0.29, 0.717) is 25.9 Å². The minimum absolute atomic E-state index is 0.0270. The normalized spacial score (nSPS) is 19.3. The number of piperidine rings is 2. The number of hydrogen-bond acceptors (Lipinski definition) is 5. The fourth-order valence-electron chi connectivity index (χ4n) is 4.36. The molecule has 2 aliphatic heterocycles. The molecule has 10 nitrogen and oxygen atoms in total. The van der Waals surface area contributed by atoms with Crippen molar-refractivity contribution in [1.29, 1.82) is 0 Å². The van der Waals surface area contributed by atoms with Crippen LogP contribution in [0.5, 0.6) is 0 Å². The standard InChI is InChI=1S/C21H33N5O5S/c1-14(2)21(29)25-8-6-16(7-9-25)23-20(28)15-4-10-26(11-5-15)32(30,31)17-12-18(19(22)27)24(3)13-17/h12-16H,4-11H2,1-3H3,(H2,22,27)(H,23,28).